The van der Waals surface area contributed by atoms with Crippen LogP contribution in [-0.2, 0) is 20.9 Å². The van der Waals surface area contributed by atoms with Crippen LogP contribution in [0.15, 0.2) is 45.8 Å². The molecule has 218 valence electrons. The molecule has 1 amide bonds. The van der Waals surface area contributed by atoms with Crippen molar-refractivity contribution in [3.05, 3.63) is 58.6 Å². The van der Waals surface area contributed by atoms with Crippen LogP contribution in [0.3, 0.4) is 0 Å². The topological polar surface area (TPSA) is 114 Å². The third-order valence-corrected chi connectivity index (χ3v) is 9.43. The van der Waals surface area contributed by atoms with Gasteiger partial charge in [0, 0.05) is 55.8 Å². The maximum atomic E-state index is 14.0. The quantitative estimate of drug-likeness (QED) is 0.389. The van der Waals surface area contributed by atoms with Crippen molar-refractivity contribution in [2.45, 2.75) is 76.0 Å². The van der Waals surface area contributed by atoms with E-state index in [9.17, 15) is 18.4 Å². The number of fused-ring (bicyclic) bond motifs is 3. The largest absolute Gasteiger partial charge is 0.381 e. The lowest BCUT2D eigenvalue weighted by atomic mass is 9.53. The van der Waals surface area contributed by atoms with E-state index in [1.165, 1.54) is 6.07 Å². The molecule has 1 aliphatic heterocycles. The van der Waals surface area contributed by atoms with E-state index in [0.29, 0.717) is 37.6 Å². The van der Waals surface area contributed by atoms with Crippen molar-refractivity contribution in [3.63, 3.8) is 0 Å². The smallest absolute Gasteiger partial charge is 0.322 e. The zero-order valence-corrected chi connectivity index (χ0v) is 23.2. The first-order valence-corrected chi connectivity index (χ1v) is 14.4. The number of carbonyl (C=O) groups is 1. The molecule has 3 aromatic rings. The summed E-state index contributed by atoms with van der Waals surface area (Å²) in [6, 6.07) is 9.22. The summed E-state index contributed by atoms with van der Waals surface area (Å²) in [5.74, 6) is -3.05. The van der Waals surface area contributed by atoms with Crippen LogP contribution in [0.2, 0.25) is 0 Å². The summed E-state index contributed by atoms with van der Waals surface area (Å²) in [5, 5.41) is 10.3. The summed E-state index contributed by atoms with van der Waals surface area (Å²) in [5.41, 5.74) is 1.56. The highest BCUT2D eigenvalue weighted by molar-refractivity contribution is 5.94. The number of carbonyl (C=O) groups excluding carboxylic acids is 1. The van der Waals surface area contributed by atoms with Gasteiger partial charge in [-0.25, -0.2) is 5.10 Å². The highest BCUT2D eigenvalue weighted by Crippen LogP contribution is 2.57. The second kappa shape index (κ2) is 10.7. The number of nitrogens with one attached hydrogen (secondary N) is 1. The van der Waals surface area contributed by atoms with Gasteiger partial charge < -0.3 is 14.2 Å². The molecule has 0 radical (unpaired) electrons. The number of aromatic nitrogens is 4. The van der Waals surface area contributed by atoms with Gasteiger partial charge in [0.2, 0.25) is 5.91 Å². The van der Waals surface area contributed by atoms with Crippen molar-refractivity contribution in [1.29, 1.82) is 0 Å². The van der Waals surface area contributed by atoms with Gasteiger partial charge in [-0.15, -0.1) is 0 Å². The van der Waals surface area contributed by atoms with Crippen molar-refractivity contribution in [2.24, 2.45) is 11.3 Å². The number of aromatic amines is 1. The standard InChI is InChI=1S/C30H35F2N5O4/c1-28(31,32)27-34-26(36-41-27)30-10-7-29(8-11-30,9-12-30)19-37(25(39)15-20-5-13-40-14-6-20)23-4-2-3-21(16-23)22-17-24(38)35-33-18-22/h2-4,16-18,20H,5-15,19H2,1H3,(H,35,38). The minimum absolute atomic E-state index is 0.0860. The van der Waals surface area contributed by atoms with Crippen molar-refractivity contribution in [1.82, 2.24) is 20.3 Å². The number of ether oxygens (including phenoxy) is 1. The van der Waals surface area contributed by atoms with Crippen LogP contribution in [0.4, 0.5) is 14.5 Å². The fourth-order valence-electron chi connectivity index (χ4n) is 6.81. The fraction of sp³-hybridized carbons (Fsp3) is 0.567. The number of anilines is 1. The Hall–Kier alpha value is -3.47. The molecular weight excluding hydrogens is 532 g/mol. The molecule has 0 unspecified atom stereocenters. The Morgan fingerprint density at radius 2 is 1.83 bits per heavy atom. The van der Waals surface area contributed by atoms with Gasteiger partial charge in [0.05, 0.1) is 6.20 Å². The molecule has 9 nitrogen and oxygen atoms in total. The van der Waals surface area contributed by atoms with Crippen molar-refractivity contribution >= 4 is 11.6 Å². The molecule has 2 aromatic heterocycles. The Morgan fingerprint density at radius 1 is 1.10 bits per heavy atom. The van der Waals surface area contributed by atoms with Crippen molar-refractivity contribution in [3.8, 4) is 11.1 Å². The summed E-state index contributed by atoms with van der Waals surface area (Å²) >= 11 is 0. The van der Waals surface area contributed by atoms with E-state index < -0.39 is 11.8 Å². The van der Waals surface area contributed by atoms with Gasteiger partial charge in [-0.2, -0.15) is 18.9 Å². The van der Waals surface area contributed by atoms with E-state index >= 15 is 0 Å². The molecule has 7 rings (SSSR count). The average molecular weight is 568 g/mol. The summed E-state index contributed by atoms with van der Waals surface area (Å²) in [7, 11) is 0. The Balaban J connectivity index is 1.25. The highest BCUT2D eigenvalue weighted by Gasteiger charge is 2.53. The normalized spacial score (nSPS) is 24.9. The summed E-state index contributed by atoms with van der Waals surface area (Å²) in [6.45, 7) is 2.70. The molecule has 1 saturated heterocycles. The third-order valence-electron chi connectivity index (χ3n) is 9.43. The van der Waals surface area contributed by atoms with E-state index in [-0.39, 0.29) is 28.2 Å². The Bertz CT molecular complexity index is 1430. The SMILES string of the molecule is CC(F)(F)c1nc(C23CCC(CN(C(=O)CC4CCOCC4)c4cccc(-c5cn[nH]c(=O)c5)c4)(CC2)CC3)no1. The molecule has 3 saturated carbocycles. The first-order valence-electron chi connectivity index (χ1n) is 14.4. The maximum absolute atomic E-state index is 14.0. The Kier molecular flexibility index (Phi) is 7.25. The molecule has 1 aromatic carbocycles. The number of rotatable bonds is 8. The maximum Gasteiger partial charge on any atom is 0.322 e. The number of hydrogen-bond acceptors (Lipinski definition) is 7. The lowest BCUT2D eigenvalue weighted by Gasteiger charge is -2.53. The number of nitrogens with zero attached hydrogens (tertiary/aromatic N) is 4. The third kappa shape index (κ3) is 5.68. The van der Waals surface area contributed by atoms with Gasteiger partial charge in [-0.1, -0.05) is 17.3 Å². The first-order chi connectivity index (χ1) is 19.6. The van der Waals surface area contributed by atoms with Gasteiger partial charge in [0.25, 0.3) is 11.4 Å². The Labute approximate surface area is 236 Å². The fourth-order valence-corrected chi connectivity index (χ4v) is 6.81. The molecule has 3 aliphatic carbocycles. The lowest BCUT2D eigenvalue weighted by molar-refractivity contribution is -0.121. The van der Waals surface area contributed by atoms with Gasteiger partial charge in [0.1, 0.15) is 0 Å². The molecule has 4 fully saturated rings. The second-order valence-corrected chi connectivity index (χ2v) is 12.2. The molecule has 41 heavy (non-hydrogen) atoms. The predicted octanol–water partition coefficient (Wildman–Crippen LogP) is 5.37. The van der Waals surface area contributed by atoms with Crippen LogP contribution in [0, 0.1) is 11.3 Å². The summed E-state index contributed by atoms with van der Waals surface area (Å²) in [6.07, 6.45) is 8.63. The van der Waals surface area contributed by atoms with Crippen LogP contribution < -0.4 is 10.5 Å². The minimum atomic E-state index is -3.17. The molecule has 11 heteroatoms. The van der Waals surface area contributed by atoms with Crippen molar-refractivity contribution in [2.75, 3.05) is 24.7 Å². The minimum Gasteiger partial charge on any atom is -0.381 e. The molecular formula is C30H35F2N5O4. The van der Waals surface area contributed by atoms with Crippen LogP contribution in [0.5, 0.6) is 0 Å². The molecule has 0 atom stereocenters. The van der Waals surface area contributed by atoms with Crippen LogP contribution >= 0.6 is 0 Å². The van der Waals surface area contributed by atoms with E-state index in [1.54, 1.807) is 6.20 Å². The first kappa shape index (κ1) is 27.7. The lowest BCUT2D eigenvalue weighted by Crippen LogP contribution is -2.51. The molecule has 1 N–H and O–H groups in total. The number of benzene rings is 1. The van der Waals surface area contributed by atoms with E-state index in [2.05, 4.69) is 20.3 Å². The number of halogens is 2. The highest BCUT2D eigenvalue weighted by atomic mass is 19.3. The van der Waals surface area contributed by atoms with Gasteiger partial charge >= 0.3 is 5.92 Å². The number of hydrogen-bond donors (Lipinski definition) is 1. The van der Waals surface area contributed by atoms with E-state index in [0.717, 1.165) is 69.5 Å². The molecule has 2 bridgehead atoms. The molecule has 4 aliphatic rings. The van der Waals surface area contributed by atoms with Crippen molar-refractivity contribution < 1.29 is 22.8 Å². The zero-order valence-electron chi connectivity index (χ0n) is 23.2. The second-order valence-electron chi connectivity index (χ2n) is 12.2. The molecule has 0 spiro atoms. The predicted molar refractivity (Wildman–Crippen MR) is 146 cm³/mol. The summed E-state index contributed by atoms with van der Waals surface area (Å²) in [4.78, 5) is 31.9. The summed E-state index contributed by atoms with van der Waals surface area (Å²) < 4.78 is 38.0. The Morgan fingerprint density at radius 3 is 2.49 bits per heavy atom. The van der Waals surface area contributed by atoms with Gasteiger partial charge in [0.15, 0.2) is 5.82 Å². The number of alkyl halides is 2. The molecule has 3 heterocycles. The van der Waals surface area contributed by atoms with Crippen LogP contribution in [0.1, 0.15) is 76.4 Å². The van der Waals surface area contributed by atoms with Crippen LogP contribution in [-0.4, -0.2) is 46.0 Å². The van der Waals surface area contributed by atoms with Gasteiger partial charge in [-0.05, 0) is 80.4 Å². The average Bonchev–Trinajstić information content (AvgIpc) is 3.50. The van der Waals surface area contributed by atoms with Crippen LogP contribution in [0.25, 0.3) is 11.1 Å². The van der Waals surface area contributed by atoms with E-state index in [4.69, 9.17) is 9.26 Å². The monoisotopic (exact) mass is 567 g/mol. The zero-order chi connectivity index (χ0) is 28.7. The van der Waals surface area contributed by atoms with Gasteiger partial charge in [-0.3, -0.25) is 9.59 Å². The number of amides is 1. The number of H-pyrrole nitrogens is 1. The van der Waals surface area contributed by atoms with E-state index in [1.807, 2.05) is 29.2 Å².